The van der Waals surface area contributed by atoms with Gasteiger partial charge in [-0.05, 0) is 62.8 Å². The van der Waals surface area contributed by atoms with Crippen LogP contribution < -0.4 is 0 Å². The van der Waals surface area contributed by atoms with Crippen LogP contribution in [0, 0.1) is 3.57 Å². The third-order valence-corrected chi connectivity index (χ3v) is 5.25. The number of carbonyl (C=O) groups is 1. The molecule has 0 unspecified atom stereocenters. The minimum atomic E-state index is 0.143. The third kappa shape index (κ3) is 3.62. The molecule has 1 heterocycles. The molecule has 0 bridgehead atoms. The van der Waals surface area contributed by atoms with E-state index in [0.717, 1.165) is 23.0 Å². The minimum Gasteiger partial charge on any atom is -0.294 e. The molecule has 2 aromatic rings. The first-order valence-corrected chi connectivity index (χ1v) is 8.32. The summed E-state index contributed by atoms with van der Waals surface area (Å²) in [6, 6.07) is 7.79. The molecule has 17 heavy (non-hydrogen) atoms. The Morgan fingerprint density at radius 1 is 1.29 bits per heavy atom. The van der Waals surface area contributed by atoms with Gasteiger partial charge in [0.25, 0.3) is 0 Å². The van der Waals surface area contributed by atoms with Crippen LogP contribution in [0.25, 0.3) is 0 Å². The lowest BCUT2D eigenvalue weighted by Gasteiger charge is -2.03. The molecule has 1 aromatic heterocycles. The lowest BCUT2D eigenvalue weighted by Crippen LogP contribution is -2.03. The summed E-state index contributed by atoms with van der Waals surface area (Å²) in [6.07, 6.45) is 0.453. The summed E-state index contributed by atoms with van der Waals surface area (Å²) < 4.78 is 2.96. The van der Waals surface area contributed by atoms with Crippen molar-refractivity contribution >= 4 is 71.6 Å². The molecule has 0 spiro atoms. The largest absolute Gasteiger partial charge is 0.294 e. The van der Waals surface area contributed by atoms with Crippen LogP contribution in [0.5, 0.6) is 0 Å². The van der Waals surface area contributed by atoms with Gasteiger partial charge in [-0.15, -0.1) is 11.3 Å². The molecule has 0 aliphatic heterocycles. The fourth-order valence-electron chi connectivity index (χ4n) is 1.41. The van der Waals surface area contributed by atoms with E-state index in [1.807, 2.05) is 29.6 Å². The first kappa shape index (κ1) is 13.7. The van der Waals surface area contributed by atoms with E-state index in [1.54, 1.807) is 11.3 Å². The second-order valence-electron chi connectivity index (χ2n) is 3.46. The Bertz CT molecular complexity index is 565. The maximum Gasteiger partial charge on any atom is 0.169 e. The molecule has 1 aromatic carbocycles. The van der Waals surface area contributed by atoms with Gasteiger partial charge in [0.2, 0.25) is 0 Å². The Kier molecular flexibility index (Phi) is 4.80. The van der Waals surface area contributed by atoms with Crippen molar-refractivity contribution in [1.29, 1.82) is 0 Å². The number of hydrogen-bond acceptors (Lipinski definition) is 2. The van der Waals surface area contributed by atoms with E-state index in [2.05, 4.69) is 54.5 Å². The smallest absolute Gasteiger partial charge is 0.169 e. The number of rotatable bonds is 3. The van der Waals surface area contributed by atoms with Gasteiger partial charge in [0.15, 0.2) is 5.78 Å². The number of thiophene rings is 1. The molecule has 0 radical (unpaired) electrons. The quantitative estimate of drug-likeness (QED) is 0.426. The zero-order valence-electron chi connectivity index (χ0n) is 8.54. The van der Waals surface area contributed by atoms with E-state index < -0.39 is 0 Å². The van der Waals surface area contributed by atoms with Crippen LogP contribution in [0.4, 0.5) is 0 Å². The molecule has 0 saturated heterocycles. The van der Waals surface area contributed by atoms with Crippen molar-refractivity contribution in [3.05, 3.63) is 52.6 Å². The van der Waals surface area contributed by atoms with Crippen LogP contribution in [0.2, 0.25) is 0 Å². The van der Waals surface area contributed by atoms with E-state index in [4.69, 9.17) is 0 Å². The van der Waals surface area contributed by atoms with Gasteiger partial charge in [-0.25, -0.2) is 0 Å². The Morgan fingerprint density at radius 2 is 2.06 bits per heavy atom. The van der Waals surface area contributed by atoms with Gasteiger partial charge in [0, 0.05) is 34.8 Å². The van der Waals surface area contributed by atoms with Crippen LogP contribution in [-0.4, -0.2) is 5.78 Å². The predicted octanol–water partition coefficient (Wildman–Crippen LogP) is 5.30. The summed E-state index contributed by atoms with van der Waals surface area (Å²) in [5, 5.41) is 1.99. The van der Waals surface area contributed by atoms with Gasteiger partial charge in [-0.3, -0.25) is 4.79 Å². The van der Waals surface area contributed by atoms with Gasteiger partial charge in [-0.1, -0.05) is 15.9 Å². The van der Waals surface area contributed by atoms with Crippen molar-refractivity contribution in [3.63, 3.8) is 0 Å². The van der Waals surface area contributed by atoms with Crippen LogP contribution in [0.1, 0.15) is 15.2 Å². The highest BCUT2D eigenvalue weighted by molar-refractivity contribution is 14.1. The van der Waals surface area contributed by atoms with Crippen LogP contribution in [-0.2, 0) is 6.42 Å². The molecule has 0 N–H and O–H groups in total. The maximum absolute atomic E-state index is 12.2. The number of halogens is 3. The maximum atomic E-state index is 12.2. The van der Waals surface area contributed by atoms with E-state index in [-0.39, 0.29) is 5.78 Å². The minimum absolute atomic E-state index is 0.143. The highest BCUT2D eigenvalue weighted by Gasteiger charge is 2.12. The number of Topliss-reactive ketones (excluding diaryl/α,β-unsaturated/α-hetero) is 1. The second kappa shape index (κ2) is 5.95. The van der Waals surface area contributed by atoms with E-state index in [9.17, 15) is 4.79 Å². The van der Waals surface area contributed by atoms with Crippen molar-refractivity contribution < 1.29 is 4.79 Å². The van der Waals surface area contributed by atoms with Gasteiger partial charge in [0.05, 0.1) is 0 Å². The molecule has 0 amide bonds. The molecular formula is C12H7Br2IOS. The number of hydrogen-bond donors (Lipinski definition) is 0. The normalized spacial score (nSPS) is 10.5. The zero-order valence-corrected chi connectivity index (χ0v) is 14.7. The molecule has 0 fully saturated rings. The molecule has 0 saturated carbocycles. The standard InChI is InChI=1S/C12H7Br2IOS/c13-7-3-9(17-6-7)5-12(16)10-4-8(15)1-2-11(10)14/h1-4,6H,5H2. The highest BCUT2D eigenvalue weighted by atomic mass is 127. The molecule has 1 nitrogen and oxygen atoms in total. The lowest BCUT2D eigenvalue weighted by molar-refractivity contribution is 0.0993. The number of carbonyl (C=O) groups excluding carboxylic acids is 1. The van der Waals surface area contributed by atoms with Crippen LogP contribution in [0.15, 0.2) is 38.6 Å². The monoisotopic (exact) mass is 484 g/mol. The first-order valence-electron chi connectivity index (χ1n) is 4.77. The van der Waals surface area contributed by atoms with Gasteiger partial charge in [0.1, 0.15) is 0 Å². The molecule has 2 rings (SSSR count). The molecular weight excluding hydrogens is 479 g/mol. The van der Waals surface area contributed by atoms with Gasteiger partial charge >= 0.3 is 0 Å². The van der Waals surface area contributed by atoms with Gasteiger partial charge < -0.3 is 0 Å². The molecule has 0 aliphatic carbocycles. The average Bonchev–Trinajstić information content (AvgIpc) is 2.67. The average molecular weight is 486 g/mol. The fourth-order valence-corrected chi connectivity index (χ4v) is 3.82. The summed E-state index contributed by atoms with van der Waals surface area (Å²) in [5.74, 6) is 0.143. The molecule has 0 atom stereocenters. The van der Waals surface area contributed by atoms with Crippen LogP contribution >= 0.6 is 65.8 Å². The first-order chi connectivity index (χ1) is 8.06. The Hall–Kier alpha value is 0.280. The third-order valence-electron chi connectivity index (χ3n) is 2.19. The lowest BCUT2D eigenvalue weighted by atomic mass is 10.1. The number of ketones is 1. The molecule has 88 valence electrons. The van der Waals surface area contributed by atoms with Crippen molar-refractivity contribution in [1.82, 2.24) is 0 Å². The Labute approximate surface area is 134 Å². The fraction of sp³-hybridized carbons (Fsp3) is 0.0833. The van der Waals surface area contributed by atoms with Crippen molar-refractivity contribution in [2.45, 2.75) is 6.42 Å². The Morgan fingerprint density at radius 3 is 2.71 bits per heavy atom. The van der Waals surface area contributed by atoms with Crippen molar-refractivity contribution in [3.8, 4) is 0 Å². The zero-order chi connectivity index (χ0) is 12.4. The van der Waals surface area contributed by atoms with Crippen molar-refractivity contribution in [2.75, 3.05) is 0 Å². The van der Waals surface area contributed by atoms with Crippen LogP contribution in [0.3, 0.4) is 0 Å². The molecule has 0 aliphatic rings. The highest BCUT2D eigenvalue weighted by Crippen LogP contribution is 2.24. The summed E-state index contributed by atoms with van der Waals surface area (Å²) >= 11 is 10.6. The summed E-state index contributed by atoms with van der Waals surface area (Å²) in [5.41, 5.74) is 0.751. The molecule has 5 heteroatoms. The summed E-state index contributed by atoms with van der Waals surface area (Å²) in [6.45, 7) is 0. The SMILES string of the molecule is O=C(Cc1cc(Br)cs1)c1cc(I)ccc1Br. The number of benzene rings is 1. The topological polar surface area (TPSA) is 17.1 Å². The second-order valence-corrected chi connectivity index (χ2v) is 7.47. The van der Waals surface area contributed by atoms with Crippen molar-refractivity contribution in [2.24, 2.45) is 0 Å². The summed E-state index contributed by atoms with van der Waals surface area (Å²) in [7, 11) is 0. The van der Waals surface area contributed by atoms with E-state index >= 15 is 0 Å². The Balaban J connectivity index is 2.22. The van der Waals surface area contributed by atoms with Gasteiger partial charge in [-0.2, -0.15) is 0 Å². The van der Waals surface area contributed by atoms with E-state index in [0.29, 0.717) is 6.42 Å². The summed E-state index contributed by atoms with van der Waals surface area (Å²) in [4.78, 5) is 13.2. The van der Waals surface area contributed by atoms with E-state index in [1.165, 1.54) is 0 Å². The predicted molar refractivity (Wildman–Crippen MR) is 86.9 cm³/mol.